The van der Waals surface area contributed by atoms with Crippen LogP contribution in [0.1, 0.15) is 30.1 Å². The molecule has 146 valence electrons. The molecule has 0 aliphatic carbocycles. The van der Waals surface area contributed by atoms with Crippen LogP contribution in [0.5, 0.6) is 5.75 Å². The number of unbranched alkanes of at least 4 members (excludes halogenated alkanes) is 1. The number of rotatable bonds is 9. The summed E-state index contributed by atoms with van der Waals surface area (Å²) in [5.41, 5.74) is 7.49. The van der Waals surface area contributed by atoms with Gasteiger partial charge in [-0.1, -0.05) is 28.1 Å². The van der Waals surface area contributed by atoms with Gasteiger partial charge in [0.1, 0.15) is 5.75 Å². The van der Waals surface area contributed by atoms with E-state index in [-0.39, 0.29) is 5.56 Å². The topological polar surface area (TPSA) is 81.8 Å². The lowest BCUT2D eigenvalue weighted by molar-refractivity contribution is 0.0697. The number of carbonyl (C=O) groups is 1. The quantitative estimate of drug-likeness (QED) is 0.322. The van der Waals surface area contributed by atoms with Gasteiger partial charge in [-0.05, 0) is 68.3 Å². The van der Waals surface area contributed by atoms with Gasteiger partial charge in [-0.2, -0.15) is 0 Å². The molecule has 0 heterocycles. The average molecular weight is 436 g/mol. The molecule has 0 fully saturated rings. The summed E-state index contributed by atoms with van der Waals surface area (Å²) in [5.74, 6) is -0.242. The van der Waals surface area contributed by atoms with E-state index in [1.165, 1.54) is 12.1 Å². The van der Waals surface area contributed by atoms with E-state index in [0.717, 1.165) is 28.6 Å². The molecule has 5 nitrogen and oxygen atoms in total. The fourth-order valence-corrected chi connectivity index (χ4v) is 2.16. The standard InChI is InChI=1S/C15H20O4.C6H6BrN/c1-12(2)11-18-9-3-4-10-19-14-7-5-13(6-8-14)15(16)17;7-5-1-3-6(8)4-2-5/h5-8H,1,3-4,9-11H2,2H3,(H,16,17);1-4H,8H2. The predicted molar refractivity (Wildman–Crippen MR) is 112 cm³/mol. The lowest BCUT2D eigenvalue weighted by Gasteiger charge is -2.07. The monoisotopic (exact) mass is 435 g/mol. The number of carboxylic acid groups (broad SMARTS) is 1. The Morgan fingerprint density at radius 2 is 1.67 bits per heavy atom. The van der Waals surface area contributed by atoms with Crippen LogP contribution in [0.2, 0.25) is 0 Å². The van der Waals surface area contributed by atoms with Crippen LogP contribution >= 0.6 is 15.9 Å². The molecule has 0 radical (unpaired) electrons. The van der Waals surface area contributed by atoms with Gasteiger partial charge in [0.05, 0.1) is 18.8 Å². The first-order chi connectivity index (χ1) is 12.9. The molecule has 2 rings (SSSR count). The van der Waals surface area contributed by atoms with E-state index in [2.05, 4.69) is 22.5 Å². The maximum Gasteiger partial charge on any atom is 0.335 e. The SMILES string of the molecule is C=C(C)COCCCCOc1ccc(C(=O)O)cc1.Nc1ccc(Br)cc1. The minimum absolute atomic E-state index is 0.264. The van der Waals surface area contributed by atoms with E-state index in [1.54, 1.807) is 12.1 Å². The largest absolute Gasteiger partial charge is 0.494 e. The molecule has 2 aromatic rings. The average Bonchev–Trinajstić information content (AvgIpc) is 2.64. The Bertz CT molecular complexity index is 678. The van der Waals surface area contributed by atoms with Crippen molar-refractivity contribution in [1.29, 1.82) is 0 Å². The van der Waals surface area contributed by atoms with Crippen LogP contribution in [0.4, 0.5) is 5.69 Å². The van der Waals surface area contributed by atoms with Gasteiger partial charge >= 0.3 is 5.97 Å². The number of anilines is 1. The third-order valence-electron chi connectivity index (χ3n) is 3.27. The molecule has 0 unspecified atom stereocenters. The van der Waals surface area contributed by atoms with E-state index in [9.17, 15) is 4.79 Å². The Kier molecular flexibility index (Phi) is 10.9. The summed E-state index contributed by atoms with van der Waals surface area (Å²) in [6.07, 6.45) is 1.83. The summed E-state index contributed by atoms with van der Waals surface area (Å²) in [6, 6.07) is 13.9. The highest BCUT2D eigenvalue weighted by Gasteiger charge is 2.01. The Labute approximate surface area is 168 Å². The van der Waals surface area contributed by atoms with E-state index in [0.29, 0.717) is 25.6 Å². The highest BCUT2D eigenvalue weighted by Crippen LogP contribution is 2.13. The maximum absolute atomic E-state index is 10.7. The van der Waals surface area contributed by atoms with Crippen molar-refractivity contribution in [2.75, 3.05) is 25.6 Å². The second kappa shape index (κ2) is 12.9. The zero-order valence-electron chi connectivity index (χ0n) is 15.5. The molecular weight excluding hydrogens is 410 g/mol. The number of ether oxygens (including phenoxy) is 2. The van der Waals surface area contributed by atoms with E-state index < -0.39 is 5.97 Å². The first-order valence-electron chi connectivity index (χ1n) is 8.58. The molecule has 0 saturated carbocycles. The molecule has 0 amide bonds. The smallest absolute Gasteiger partial charge is 0.335 e. The molecule has 0 bridgehead atoms. The van der Waals surface area contributed by atoms with Crippen LogP contribution in [-0.2, 0) is 4.74 Å². The molecule has 0 spiro atoms. The summed E-state index contributed by atoms with van der Waals surface area (Å²) < 4.78 is 11.9. The van der Waals surface area contributed by atoms with Gasteiger partial charge in [0.15, 0.2) is 0 Å². The van der Waals surface area contributed by atoms with E-state index in [1.807, 2.05) is 31.2 Å². The highest BCUT2D eigenvalue weighted by molar-refractivity contribution is 9.10. The third-order valence-corrected chi connectivity index (χ3v) is 3.80. The van der Waals surface area contributed by atoms with Gasteiger partial charge in [-0.15, -0.1) is 0 Å². The number of nitrogens with two attached hydrogens (primary N) is 1. The molecule has 27 heavy (non-hydrogen) atoms. The van der Waals surface area contributed by atoms with Crippen molar-refractivity contribution in [3.63, 3.8) is 0 Å². The van der Waals surface area contributed by atoms with Gasteiger partial charge < -0.3 is 20.3 Å². The first kappa shape index (κ1) is 22.7. The lowest BCUT2D eigenvalue weighted by atomic mass is 10.2. The molecule has 0 aromatic heterocycles. The Morgan fingerprint density at radius 3 is 2.19 bits per heavy atom. The minimum Gasteiger partial charge on any atom is -0.494 e. The fraction of sp³-hybridized carbons (Fsp3) is 0.286. The summed E-state index contributed by atoms with van der Waals surface area (Å²) in [7, 11) is 0. The predicted octanol–water partition coefficient (Wildman–Crippen LogP) is 5.17. The zero-order chi connectivity index (χ0) is 20.1. The number of hydrogen-bond acceptors (Lipinski definition) is 4. The Hall–Kier alpha value is -2.31. The molecule has 0 saturated heterocycles. The van der Waals surface area contributed by atoms with Gasteiger partial charge in [0.25, 0.3) is 0 Å². The molecule has 6 heteroatoms. The van der Waals surface area contributed by atoms with Crippen molar-refractivity contribution in [3.05, 3.63) is 70.7 Å². The Balaban J connectivity index is 0.000000377. The van der Waals surface area contributed by atoms with Gasteiger partial charge in [0.2, 0.25) is 0 Å². The molecule has 0 aliphatic heterocycles. The second-order valence-corrected chi connectivity index (χ2v) is 6.86. The number of benzene rings is 2. The molecule has 0 atom stereocenters. The normalized spacial score (nSPS) is 9.85. The van der Waals surface area contributed by atoms with Crippen LogP contribution in [0.3, 0.4) is 0 Å². The number of halogens is 1. The molecular formula is C21H26BrNO4. The summed E-state index contributed by atoms with van der Waals surface area (Å²) in [4.78, 5) is 10.7. The molecule has 2 aromatic carbocycles. The number of hydrogen-bond donors (Lipinski definition) is 2. The van der Waals surface area contributed by atoms with E-state index in [4.69, 9.17) is 20.3 Å². The summed E-state index contributed by atoms with van der Waals surface area (Å²) in [5, 5.41) is 8.75. The van der Waals surface area contributed by atoms with Crippen molar-refractivity contribution in [2.24, 2.45) is 0 Å². The second-order valence-electron chi connectivity index (χ2n) is 5.95. The summed E-state index contributed by atoms with van der Waals surface area (Å²) in [6.45, 7) is 7.60. The van der Waals surface area contributed by atoms with Gasteiger partial charge in [-0.3, -0.25) is 0 Å². The molecule has 0 aliphatic rings. The van der Waals surface area contributed by atoms with E-state index >= 15 is 0 Å². The van der Waals surface area contributed by atoms with Crippen LogP contribution in [0.25, 0.3) is 0 Å². The number of carboxylic acids is 1. The van der Waals surface area contributed by atoms with Gasteiger partial charge in [-0.25, -0.2) is 4.79 Å². The van der Waals surface area contributed by atoms with Crippen LogP contribution < -0.4 is 10.5 Å². The van der Waals surface area contributed by atoms with Crippen molar-refractivity contribution < 1.29 is 19.4 Å². The third kappa shape index (κ3) is 11.1. The van der Waals surface area contributed by atoms with Crippen LogP contribution in [-0.4, -0.2) is 30.9 Å². The van der Waals surface area contributed by atoms with Crippen molar-refractivity contribution in [1.82, 2.24) is 0 Å². The highest BCUT2D eigenvalue weighted by atomic mass is 79.9. The van der Waals surface area contributed by atoms with Gasteiger partial charge in [0, 0.05) is 16.8 Å². The minimum atomic E-state index is -0.929. The first-order valence-corrected chi connectivity index (χ1v) is 9.37. The van der Waals surface area contributed by atoms with Crippen molar-refractivity contribution >= 4 is 27.6 Å². The number of aromatic carboxylic acids is 1. The van der Waals surface area contributed by atoms with Crippen LogP contribution in [0, 0.1) is 0 Å². The van der Waals surface area contributed by atoms with Crippen LogP contribution in [0.15, 0.2) is 65.2 Å². The zero-order valence-corrected chi connectivity index (χ0v) is 17.1. The Morgan fingerprint density at radius 1 is 1.07 bits per heavy atom. The molecule has 3 N–H and O–H groups in total. The maximum atomic E-state index is 10.7. The van der Waals surface area contributed by atoms with Crippen molar-refractivity contribution in [3.8, 4) is 5.75 Å². The van der Waals surface area contributed by atoms with Crippen molar-refractivity contribution in [2.45, 2.75) is 19.8 Å². The summed E-state index contributed by atoms with van der Waals surface area (Å²) >= 11 is 3.29. The fourth-order valence-electron chi connectivity index (χ4n) is 1.90. The number of nitrogen functional groups attached to an aromatic ring is 1. The lowest BCUT2D eigenvalue weighted by Crippen LogP contribution is -2.02.